The molecule has 0 atom stereocenters. The lowest BCUT2D eigenvalue weighted by Crippen LogP contribution is -2.62. The molecule has 7 heteroatoms. The summed E-state index contributed by atoms with van der Waals surface area (Å²) in [6.07, 6.45) is 5.75. The topological polar surface area (TPSA) is 82.7 Å². The van der Waals surface area contributed by atoms with Gasteiger partial charge in [0.15, 0.2) is 0 Å². The number of hydrogen-bond donors (Lipinski definition) is 3. The van der Waals surface area contributed by atoms with Gasteiger partial charge >= 0.3 is 0 Å². The van der Waals surface area contributed by atoms with Gasteiger partial charge in [0.1, 0.15) is 0 Å². The minimum Gasteiger partial charge on any atom is -0.365 e. The van der Waals surface area contributed by atoms with Crippen LogP contribution in [0.1, 0.15) is 45.4 Å². The molecule has 3 heterocycles. The molecule has 2 bridgehead atoms. The predicted octanol–water partition coefficient (Wildman–Crippen LogP) is 0.00430. The zero-order valence-electron chi connectivity index (χ0n) is 16.0. The van der Waals surface area contributed by atoms with Crippen LogP contribution in [0.3, 0.4) is 0 Å². The first-order chi connectivity index (χ1) is 12.4. The molecule has 3 aliphatic heterocycles. The summed E-state index contributed by atoms with van der Waals surface area (Å²) in [6, 6.07) is 0.713. The molecular formula is C19H32N4O3. The van der Waals surface area contributed by atoms with E-state index in [1.807, 2.05) is 0 Å². The lowest BCUT2D eigenvalue weighted by atomic mass is 9.53. The Morgan fingerprint density at radius 2 is 1.88 bits per heavy atom. The van der Waals surface area contributed by atoms with Gasteiger partial charge in [-0.05, 0) is 58.7 Å². The summed E-state index contributed by atoms with van der Waals surface area (Å²) in [5, 5.41) is 9.49. The van der Waals surface area contributed by atoms with E-state index < -0.39 is 5.41 Å². The van der Waals surface area contributed by atoms with Crippen molar-refractivity contribution < 1.29 is 14.3 Å². The van der Waals surface area contributed by atoms with Gasteiger partial charge in [-0.1, -0.05) is 0 Å². The van der Waals surface area contributed by atoms with Crippen LogP contribution >= 0.6 is 0 Å². The van der Waals surface area contributed by atoms with E-state index in [2.05, 4.69) is 27.9 Å². The van der Waals surface area contributed by atoms with Crippen LogP contribution < -0.4 is 16.0 Å². The Morgan fingerprint density at radius 3 is 2.50 bits per heavy atom. The third kappa shape index (κ3) is 2.94. The van der Waals surface area contributed by atoms with Crippen molar-refractivity contribution >= 4 is 11.8 Å². The van der Waals surface area contributed by atoms with E-state index in [1.165, 1.54) is 19.8 Å². The molecule has 2 amide bonds. The maximum atomic E-state index is 13.2. The number of carbonyl (C=O) groups is 2. The van der Waals surface area contributed by atoms with Crippen molar-refractivity contribution in [3.8, 4) is 0 Å². The van der Waals surface area contributed by atoms with E-state index in [0.29, 0.717) is 19.1 Å². The van der Waals surface area contributed by atoms with Crippen molar-refractivity contribution in [2.24, 2.45) is 5.41 Å². The number of rotatable bonds is 7. The number of ether oxygens (including phenoxy) is 1. The SMILES string of the molecule is CC(=O)NCC12CC(C(=O)NCCN(C)C3CC3)(C1)C1(CCNCC1)O2. The molecule has 5 aliphatic rings. The van der Waals surface area contributed by atoms with Crippen LogP contribution in [0.25, 0.3) is 0 Å². The van der Waals surface area contributed by atoms with Crippen molar-refractivity contribution in [1.82, 2.24) is 20.9 Å². The van der Waals surface area contributed by atoms with Crippen LogP contribution in [0, 0.1) is 5.41 Å². The second-order valence-corrected chi connectivity index (χ2v) is 8.84. The Morgan fingerprint density at radius 1 is 1.19 bits per heavy atom. The fraction of sp³-hybridized carbons (Fsp3) is 0.895. The number of nitrogens with zero attached hydrogens (tertiary/aromatic N) is 1. The predicted molar refractivity (Wildman–Crippen MR) is 97.7 cm³/mol. The van der Waals surface area contributed by atoms with Crippen LogP contribution in [0.2, 0.25) is 0 Å². The number of likely N-dealkylation sites (N-methyl/N-ethyl adjacent to an activating group) is 1. The summed E-state index contributed by atoms with van der Waals surface area (Å²) >= 11 is 0. The Kier molecular flexibility index (Phi) is 4.52. The second-order valence-electron chi connectivity index (χ2n) is 8.84. The zero-order valence-corrected chi connectivity index (χ0v) is 16.0. The number of amides is 2. The lowest BCUT2D eigenvalue weighted by molar-refractivity contribution is -0.141. The Labute approximate surface area is 155 Å². The number of nitrogens with one attached hydrogen (secondary N) is 3. The third-order valence-corrected chi connectivity index (χ3v) is 6.96. The number of carbonyl (C=O) groups excluding carboxylic acids is 2. The average Bonchev–Trinajstić information content (AvgIpc) is 3.35. The average molecular weight is 364 g/mol. The molecule has 0 aromatic rings. The molecule has 2 saturated carbocycles. The van der Waals surface area contributed by atoms with Gasteiger partial charge in [0.2, 0.25) is 11.8 Å². The van der Waals surface area contributed by atoms with Gasteiger partial charge in [0.25, 0.3) is 0 Å². The molecule has 3 N–H and O–H groups in total. The van der Waals surface area contributed by atoms with Crippen LogP contribution in [-0.4, -0.2) is 73.7 Å². The summed E-state index contributed by atoms with van der Waals surface area (Å²) in [5.41, 5.74) is -1.15. The van der Waals surface area contributed by atoms with Gasteiger partial charge in [-0.15, -0.1) is 0 Å². The molecule has 0 aromatic carbocycles. The quantitative estimate of drug-likeness (QED) is 0.593. The highest BCUT2D eigenvalue weighted by atomic mass is 16.5. The van der Waals surface area contributed by atoms with Gasteiger partial charge in [-0.3, -0.25) is 9.59 Å². The van der Waals surface area contributed by atoms with E-state index in [0.717, 1.165) is 45.3 Å². The zero-order chi connectivity index (χ0) is 18.4. The summed E-state index contributed by atoms with van der Waals surface area (Å²) in [4.78, 5) is 26.9. The fourth-order valence-electron chi connectivity index (χ4n) is 5.39. The maximum Gasteiger partial charge on any atom is 0.229 e. The van der Waals surface area contributed by atoms with E-state index in [-0.39, 0.29) is 23.0 Å². The van der Waals surface area contributed by atoms with Gasteiger partial charge in [-0.2, -0.15) is 0 Å². The molecule has 146 valence electrons. The summed E-state index contributed by atoms with van der Waals surface area (Å²) in [7, 11) is 2.14. The fourth-order valence-corrected chi connectivity index (χ4v) is 5.39. The second kappa shape index (κ2) is 6.46. The smallest absolute Gasteiger partial charge is 0.229 e. The van der Waals surface area contributed by atoms with Crippen molar-refractivity contribution in [1.29, 1.82) is 0 Å². The minimum atomic E-state index is -0.425. The van der Waals surface area contributed by atoms with Gasteiger partial charge in [0.05, 0.1) is 16.6 Å². The molecule has 0 aromatic heterocycles. The highest BCUT2D eigenvalue weighted by Gasteiger charge is 2.77. The van der Waals surface area contributed by atoms with Crippen molar-refractivity contribution in [3.05, 3.63) is 0 Å². The number of piperidine rings is 1. The van der Waals surface area contributed by atoms with E-state index >= 15 is 0 Å². The van der Waals surface area contributed by atoms with E-state index in [9.17, 15) is 9.59 Å². The Hall–Kier alpha value is -1.18. The largest absolute Gasteiger partial charge is 0.365 e. The van der Waals surface area contributed by atoms with Gasteiger partial charge < -0.3 is 25.6 Å². The molecule has 5 rings (SSSR count). The first kappa shape index (κ1) is 18.2. The highest BCUT2D eigenvalue weighted by molar-refractivity contribution is 5.87. The Bertz CT molecular complexity index is 577. The first-order valence-corrected chi connectivity index (χ1v) is 10.0. The van der Waals surface area contributed by atoms with Crippen LogP contribution in [0.15, 0.2) is 0 Å². The van der Waals surface area contributed by atoms with Gasteiger partial charge in [-0.25, -0.2) is 0 Å². The minimum absolute atomic E-state index is 0.0423. The summed E-state index contributed by atoms with van der Waals surface area (Å²) < 4.78 is 6.58. The highest BCUT2D eigenvalue weighted by Crippen LogP contribution is 2.68. The van der Waals surface area contributed by atoms with E-state index in [1.54, 1.807) is 0 Å². The van der Waals surface area contributed by atoms with Gasteiger partial charge in [0, 0.05) is 32.6 Å². The molecule has 1 spiro atoms. The van der Waals surface area contributed by atoms with Crippen LogP contribution in [0.4, 0.5) is 0 Å². The third-order valence-electron chi connectivity index (χ3n) is 6.96. The molecule has 26 heavy (non-hydrogen) atoms. The summed E-state index contributed by atoms with van der Waals surface area (Å²) in [6.45, 7) is 5.41. The molecule has 3 saturated heterocycles. The van der Waals surface area contributed by atoms with Crippen LogP contribution in [0.5, 0.6) is 0 Å². The van der Waals surface area contributed by atoms with Crippen molar-refractivity contribution in [2.45, 2.75) is 62.7 Å². The molecular weight excluding hydrogens is 332 g/mol. The number of hydrogen-bond acceptors (Lipinski definition) is 5. The molecule has 0 unspecified atom stereocenters. The first-order valence-electron chi connectivity index (χ1n) is 10.0. The van der Waals surface area contributed by atoms with Crippen LogP contribution in [-0.2, 0) is 14.3 Å². The van der Waals surface area contributed by atoms with E-state index in [4.69, 9.17) is 4.74 Å². The molecule has 7 nitrogen and oxygen atoms in total. The monoisotopic (exact) mass is 364 g/mol. The normalized spacial score (nSPS) is 34.6. The Balaban J connectivity index is 1.42. The van der Waals surface area contributed by atoms with Crippen molar-refractivity contribution in [2.75, 3.05) is 39.8 Å². The molecule has 5 fully saturated rings. The standard InChI is InChI=1S/C19H32N4O3/c1-14(24)22-13-17-11-18(12-17,19(26-17)5-7-20-8-6-19)16(25)21-9-10-23(2)15-3-4-15/h15,20H,3-13H2,1-2H3,(H,21,25)(H,22,24). The maximum absolute atomic E-state index is 13.2. The lowest BCUT2D eigenvalue weighted by Gasteiger charge is -2.48. The molecule has 2 aliphatic carbocycles. The van der Waals surface area contributed by atoms with Crippen molar-refractivity contribution in [3.63, 3.8) is 0 Å². The summed E-state index contributed by atoms with van der Waals surface area (Å²) in [5.74, 6) is 0.110. The molecule has 0 radical (unpaired) electrons.